The molecule has 124 valence electrons. The average Bonchev–Trinajstić information content (AvgIpc) is 2.52. The molecule has 1 aromatic carbocycles. The number of carboxylic acids is 1. The zero-order valence-corrected chi connectivity index (χ0v) is 13.2. The van der Waals surface area contributed by atoms with Crippen molar-refractivity contribution in [3.05, 3.63) is 34.9 Å². The van der Waals surface area contributed by atoms with Crippen LogP contribution in [0.2, 0.25) is 0 Å². The number of hydrogen-bond acceptors (Lipinski definition) is 5. The predicted molar refractivity (Wildman–Crippen MR) is 83.3 cm³/mol. The maximum atomic E-state index is 12.4. The number of methoxy groups -OCH3 is 1. The van der Waals surface area contributed by atoms with Crippen molar-refractivity contribution in [2.24, 2.45) is 0 Å². The summed E-state index contributed by atoms with van der Waals surface area (Å²) in [7, 11) is 1.39. The Balaban J connectivity index is 2.55. The van der Waals surface area contributed by atoms with E-state index in [-0.39, 0.29) is 40.4 Å². The molecule has 0 fully saturated rings. The molecule has 0 aromatic heterocycles. The number of aliphatic hydroxyl groups excluding tert-OH is 1. The van der Waals surface area contributed by atoms with Crippen LogP contribution in [-0.4, -0.2) is 35.2 Å². The van der Waals surface area contributed by atoms with Crippen molar-refractivity contribution in [3.63, 3.8) is 0 Å². The summed E-state index contributed by atoms with van der Waals surface area (Å²) in [6.45, 7) is 1.55. The smallest absolute Gasteiger partial charge is 0.339 e. The van der Waals surface area contributed by atoms with Gasteiger partial charge >= 0.3 is 5.97 Å². The van der Waals surface area contributed by atoms with Crippen LogP contribution in [0.15, 0.2) is 18.2 Å². The lowest BCUT2D eigenvalue weighted by atomic mass is 9.93. The minimum atomic E-state index is -1.25. The van der Waals surface area contributed by atoms with E-state index in [9.17, 15) is 19.8 Å². The fourth-order valence-electron chi connectivity index (χ4n) is 2.59. The van der Waals surface area contributed by atoms with Gasteiger partial charge in [0.25, 0.3) is 0 Å². The number of Topliss-reactive ketones (excluding diaryl/α,β-unsaturated/α-hetero) is 1. The van der Waals surface area contributed by atoms with Crippen LogP contribution in [-0.2, 0) is 6.61 Å². The Morgan fingerprint density at radius 2 is 2.26 bits per heavy atom. The van der Waals surface area contributed by atoms with Gasteiger partial charge in [-0.1, -0.05) is 19.4 Å². The molecule has 1 aromatic rings. The zero-order chi connectivity index (χ0) is 17.0. The number of ketones is 1. The number of hydrogen-bond donors (Lipinski definition) is 2. The third kappa shape index (κ3) is 3.37. The molecule has 0 saturated heterocycles. The minimum absolute atomic E-state index is 0.0247. The summed E-state index contributed by atoms with van der Waals surface area (Å²) >= 11 is 0. The lowest BCUT2D eigenvalue weighted by molar-refractivity contribution is 0.0683. The monoisotopic (exact) mass is 320 g/mol. The maximum absolute atomic E-state index is 12.4. The second kappa shape index (κ2) is 7.28. The number of rotatable bonds is 6. The van der Waals surface area contributed by atoms with Crippen molar-refractivity contribution >= 4 is 11.8 Å². The van der Waals surface area contributed by atoms with E-state index in [2.05, 4.69) is 0 Å². The molecule has 1 heterocycles. The molecular weight excluding hydrogens is 300 g/mol. The van der Waals surface area contributed by atoms with Gasteiger partial charge in [0, 0.05) is 0 Å². The standard InChI is InChI=1S/C17H20O6/c1-3-4-5-6-11-8-12(19)15-13(22-2)7-10(9-18)14(17(20)21)16(15)23-11/h5-7,11,18H,3-4,8-9H2,1-2H3,(H,20,21). The molecular formula is C17H20O6. The van der Waals surface area contributed by atoms with E-state index in [0.29, 0.717) is 0 Å². The number of carboxylic acid groups (broad SMARTS) is 1. The highest BCUT2D eigenvalue weighted by Gasteiger charge is 2.34. The van der Waals surface area contributed by atoms with Gasteiger partial charge in [0.2, 0.25) is 0 Å². The van der Waals surface area contributed by atoms with E-state index in [1.165, 1.54) is 13.2 Å². The topological polar surface area (TPSA) is 93.1 Å². The highest BCUT2D eigenvalue weighted by atomic mass is 16.5. The highest BCUT2D eigenvalue weighted by Crippen LogP contribution is 2.40. The van der Waals surface area contributed by atoms with Gasteiger partial charge in [-0.15, -0.1) is 0 Å². The summed E-state index contributed by atoms with van der Waals surface area (Å²) in [6.07, 6.45) is 5.12. The van der Waals surface area contributed by atoms with Crippen molar-refractivity contribution < 1.29 is 29.3 Å². The Kier molecular flexibility index (Phi) is 5.39. The van der Waals surface area contributed by atoms with Crippen LogP contribution in [0, 0.1) is 0 Å². The summed E-state index contributed by atoms with van der Waals surface area (Å²) in [5.41, 5.74) is 0.0894. The maximum Gasteiger partial charge on any atom is 0.339 e. The van der Waals surface area contributed by atoms with Gasteiger partial charge in [0.05, 0.1) is 20.1 Å². The van der Waals surface area contributed by atoms with Crippen molar-refractivity contribution in [2.45, 2.75) is 38.9 Å². The molecule has 0 amide bonds. The Hall–Kier alpha value is -2.34. The van der Waals surface area contributed by atoms with Crippen molar-refractivity contribution in [1.29, 1.82) is 0 Å². The van der Waals surface area contributed by atoms with Crippen LogP contribution < -0.4 is 9.47 Å². The summed E-state index contributed by atoms with van der Waals surface area (Å²) < 4.78 is 10.9. The largest absolute Gasteiger partial charge is 0.496 e. The van der Waals surface area contributed by atoms with Crippen molar-refractivity contribution in [2.75, 3.05) is 7.11 Å². The van der Waals surface area contributed by atoms with Gasteiger partial charge in [-0.2, -0.15) is 0 Å². The first-order chi connectivity index (χ1) is 11.0. The average molecular weight is 320 g/mol. The lowest BCUT2D eigenvalue weighted by Gasteiger charge is -2.27. The summed E-state index contributed by atoms with van der Waals surface area (Å²) in [5, 5.41) is 18.9. The Labute approximate surface area is 134 Å². The normalized spacial score (nSPS) is 17.0. The molecule has 6 heteroatoms. The molecule has 0 radical (unpaired) electrons. The summed E-state index contributed by atoms with van der Waals surface area (Å²) in [5.74, 6) is -1.29. The number of carbonyl (C=O) groups is 2. The Bertz CT molecular complexity index is 625. The highest BCUT2D eigenvalue weighted by molar-refractivity contribution is 6.07. The number of unbranched alkanes of at least 4 members (excludes halogenated alkanes) is 1. The Morgan fingerprint density at radius 1 is 1.52 bits per heavy atom. The molecule has 0 aliphatic carbocycles. The number of fused-ring (bicyclic) bond motifs is 1. The molecule has 2 N–H and O–H groups in total. The number of ether oxygens (including phenoxy) is 2. The Morgan fingerprint density at radius 3 is 2.83 bits per heavy atom. The first-order valence-electron chi connectivity index (χ1n) is 7.48. The second-order valence-corrected chi connectivity index (χ2v) is 5.28. The molecule has 1 aliphatic rings. The van der Waals surface area contributed by atoms with E-state index in [4.69, 9.17) is 9.47 Å². The van der Waals surface area contributed by atoms with E-state index >= 15 is 0 Å². The van der Waals surface area contributed by atoms with Crippen LogP contribution in [0.5, 0.6) is 11.5 Å². The van der Waals surface area contributed by atoms with Gasteiger partial charge in [0.15, 0.2) is 5.78 Å². The molecule has 1 aliphatic heterocycles. The van der Waals surface area contributed by atoms with Gasteiger partial charge in [0.1, 0.15) is 28.7 Å². The lowest BCUT2D eigenvalue weighted by Crippen LogP contribution is -2.28. The molecule has 1 unspecified atom stereocenters. The number of aromatic carboxylic acids is 1. The predicted octanol–water partition coefficient (Wildman–Crippen LogP) is 2.58. The fraction of sp³-hybridized carbons (Fsp3) is 0.412. The first kappa shape index (κ1) is 17.0. The third-order valence-electron chi connectivity index (χ3n) is 3.67. The molecule has 2 rings (SSSR count). The molecule has 0 bridgehead atoms. The van der Waals surface area contributed by atoms with Crippen LogP contribution >= 0.6 is 0 Å². The number of carbonyl (C=O) groups excluding carboxylic acids is 1. The van der Waals surface area contributed by atoms with E-state index in [1.807, 2.05) is 13.0 Å². The van der Waals surface area contributed by atoms with E-state index < -0.39 is 18.7 Å². The SMILES string of the molecule is CCCC=CC1CC(=O)c2c(OC)cc(CO)c(C(=O)O)c2O1. The molecule has 1 atom stereocenters. The van der Waals surface area contributed by atoms with Crippen LogP contribution in [0.4, 0.5) is 0 Å². The number of benzene rings is 1. The van der Waals surface area contributed by atoms with Gasteiger partial charge in [-0.25, -0.2) is 4.79 Å². The van der Waals surface area contributed by atoms with Crippen LogP contribution in [0.1, 0.15) is 52.5 Å². The van der Waals surface area contributed by atoms with Crippen molar-refractivity contribution in [1.82, 2.24) is 0 Å². The summed E-state index contributed by atoms with van der Waals surface area (Å²) in [4.78, 5) is 24.0. The van der Waals surface area contributed by atoms with Gasteiger partial charge in [-0.05, 0) is 24.1 Å². The second-order valence-electron chi connectivity index (χ2n) is 5.28. The molecule has 6 nitrogen and oxygen atoms in total. The zero-order valence-electron chi connectivity index (χ0n) is 13.2. The van der Waals surface area contributed by atoms with Gasteiger partial charge in [-0.3, -0.25) is 4.79 Å². The molecule has 23 heavy (non-hydrogen) atoms. The van der Waals surface area contributed by atoms with E-state index in [1.54, 1.807) is 6.08 Å². The van der Waals surface area contributed by atoms with E-state index in [0.717, 1.165) is 12.8 Å². The van der Waals surface area contributed by atoms with Crippen molar-refractivity contribution in [3.8, 4) is 11.5 Å². The van der Waals surface area contributed by atoms with Crippen LogP contribution in [0.25, 0.3) is 0 Å². The molecule has 0 spiro atoms. The summed E-state index contributed by atoms with van der Waals surface area (Å²) in [6, 6.07) is 1.37. The van der Waals surface area contributed by atoms with Gasteiger partial charge < -0.3 is 19.7 Å². The third-order valence-corrected chi connectivity index (χ3v) is 3.67. The number of allylic oxidation sites excluding steroid dienone is 1. The molecule has 0 saturated carbocycles. The quantitative estimate of drug-likeness (QED) is 0.783. The minimum Gasteiger partial charge on any atom is -0.496 e. The number of aliphatic hydroxyl groups is 1. The first-order valence-corrected chi connectivity index (χ1v) is 7.48. The van der Waals surface area contributed by atoms with Crippen LogP contribution in [0.3, 0.4) is 0 Å². The fourth-order valence-corrected chi connectivity index (χ4v) is 2.59.